The van der Waals surface area contributed by atoms with Crippen molar-refractivity contribution >= 4 is 5.96 Å². The van der Waals surface area contributed by atoms with Crippen LogP contribution in [0.5, 0.6) is 0 Å². The lowest BCUT2D eigenvalue weighted by atomic mass is 9.83. The molecule has 7 heteroatoms. The molecular weight excluding hydrogens is 280 g/mol. The number of guanidine groups is 1. The van der Waals surface area contributed by atoms with Crippen LogP contribution in [0.3, 0.4) is 0 Å². The lowest BCUT2D eigenvalue weighted by Gasteiger charge is -2.29. The van der Waals surface area contributed by atoms with E-state index in [2.05, 4.69) is 25.8 Å². The van der Waals surface area contributed by atoms with Crippen LogP contribution in [-0.2, 0) is 18.3 Å². The first-order valence-corrected chi connectivity index (χ1v) is 7.95. The molecule has 0 unspecified atom stereocenters. The van der Waals surface area contributed by atoms with Crippen LogP contribution in [0.25, 0.3) is 0 Å². The number of ether oxygens (including phenoxy) is 1. The van der Waals surface area contributed by atoms with Gasteiger partial charge in [0.25, 0.3) is 0 Å². The van der Waals surface area contributed by atoms with Crippen LogP contribution in [0.15, 0.2) is 11.3 Å². The Balaban J connectivity index is 1.83. The molecule has 1 heterocycles. The van der Waals surface area contributed by atoms with E-state index >= 15 is 0 Å². The van der Waals surface area contributed by atoms with Gasteiger partial charge in [-0.05, 0) is 24.7 Å². The van der Waals surface area contributed by atoms with Gasteiger partial charge in [-0.2, -0.15) is 0 Å². The van der Waals surface area contributed by atoms with Gasteiger partial charge in [-0.3, -0.25) is 4.99 Å². The van der Waals surface area contributed by atoms with Gasteiger partial charge in [0.2, 0.25) is 0 Å². The summed E-state index contributed by atoms with van der Waals surface area (Å²) in [5.41, 5.74) is 0.346. The van der Waals surface area contributed by atoms with E-state index in [1.807, 2.05) is 11.6 Å². The van der Waals surface area contributed by atoms with Crippen LogP contribution in [0.4, 0.5) is 0 Å². The van der Waals surface area contributed by atoms with Crippen LogP contribution in [-0.4, -0.2) is 48.0 Å². The highest BCUT2D eigenvalue weighted by atomic mass is 16.5. The number of aliphatic imine (C=N–C) groups is 1. The second-order valence-electron chi connectivity index (χ2n) is 6.09. The minimum atomic E-state index is 0.346. The third kappa shape index (κ3) is 4.43. The van der Waals surface area contributed by atoms with Crippen molar-refractivity contribution in [2.45, 2.75) is 38.6 Å². The third-order valence-electron chi connectivity index (χ3n) is 4.57. The maximum absolute atomic E-state index is 5.28. The molecule has 2 rings (SSSR count). The number of aryl methyl sites for hydroxylation is 1. The highest BCUT2D eigenvalue weighted by molar-refractivity contribution is 5.79. The van der Waals surface area contributed by atoms with Crippen LogP contribution in [0.1, 0.15) is 37.9 Å². The number of rotatable bonds is 7. The molecule has 0 spiro atoms. The summed E-state index contributed by atoms with van der Waals surface area (Å²) < 4.78 is 7.18. The van der Waals surface area contributed by atoms with Gasteiger partial charge in [0.05, 0.1) is 6.54 Å². The summed E-state index contributed by atoms with van der Waals surface area (Å²) in [6, 6.07) is 0. The second-order valence-corrected chi connectivity index (χ2v) is 6.09. The van der Waals surface area contributed by atoms with Crippen molar-refractivity contribution < 1.29 is 4.74 Å². The van der Waals surface area contributed by atoms with E-state index in [0.29, 0.717) is 12.0 Å². The monoisotopic (exact) mass is 308 g/mol. The van der Waals surface area contributed by atoms with Crippen LogP contribution in [0, 0.1) is 5.41 Å². The lowest BCUT2D eigenvalue weighted by molar-refractivity contribution is 0.138. The maximum atomic E-state index is 5.28. The van der Waals surface area contributed by atoms with Crippen LogP contribution in [0.2, 0.25) is 0 Å². The summed E-state index contributed by atoms with van der Waals surface area (Å²) >= 11 is 0. The molecule has 0 amide bonds. The maximum Gasteiger partial charge on any atom is 0.191 e. The summed E-state index contributed by atoms with van der Waals surface area (Å²) in [7, 11) is 5.51. The van der Waals surface area contributed by atoms with E-state index in [9.17, 15) is 0 Å². The minimum absolute atomic E-state index is 0.346. The van der Waals surface area contributed by atoms with Gasteiger partial charge in [0, 0.05) is 34.4 Å². The first-order chi connectivity index (χ1) is 10.7. The molecule has 1 aliphatic rings. The zero-order valence-corrected chi connectivity index (χ0v) is 13.9. The molecule has 22 heavy (non-hydrogen) atoms. The Morgan fingerprint density at radius 2 is 2.18 bits per heavy atom. The number of aromatic nitrogens is 3. The molecule has 0 bridgehead atoms. The minimum Gasteiger partial charge on any atom is -0.385 e. The van der Waals surface area contributed by atoms with Gasteiger partial charge in [-0.1, -0.05) is 12.8 Å². The third-order valence-corrected chi connectivity index (χ3v) is 4.57. The van der Waals surface area contributed by atoms with E-state index in [1.165, 1.54) is 25.7 Å². The molecule has 0 aliphatic heterocycles. The Morgan fingerprint density at radius 3 is 2.77 bits per heavy atom. The normalized spacial score (nSPS) is 17.7. The Labute approximate surface area is 132 Å². The molecule has 7 nitrogen and oxygen atoms in total. The summed E-state index contributed by atoms with van der Waals surface area (Å²) in [5, 5.41) is 14.7. The molecule has 124 valence electrons. The van der Waals surface area contributed by atoms with E-state index in [-0.39, 0.29) is 0 Å². The van der Waals surface area contributed by atoms with Gasteiger partial charge >= 0.3 is 0 Å². The molecule has 1 aromatic rings. The van der Waals surface area contributed by atoms with E-state index in [4.69, 9.17) is 4.74 Å². The Bertz CT molecular complexity index is 478. The largest absolute Gasteiger partial charge is 0.385 e. The van der Waals surface area contributed by atoms with Crippen LogP contribution >= 0.6 is 0 Å². The van der Waals surface area contributed by atoms with Crippen molar-refractivity contribution in [3.63, 3.8) is 0 Å². The van der Waals surface area contributed by atoms with Crippen molar-refractivity contribution in [3.8, 4) is 0 Å². The van der Waals surface area contributed by atoms with Crippen molar-refractivity contribution in [2.24, 2.45) is 17.5 Å². The van der Waals surface area contributed by atoms with E-state index in [1.54, 1.807) is 20.5 Å². The highest BCUT2D eigenvalue weighted by Gasteiger charge is 2.33. The highest BCUT2D eigenvalue weighted by Crippen LogP contribution is 2.40. The SMILES string of the molecule is CN=C(NCc1nncn1C)NCC1(CCOC)CCCC1. The Kier molecular flexibility index (Phi) is 6.18. The lowest BCUT2D eigenvalue weighted by Crippen LogP contribution is -2.43. The van der Waals surface area contributed by atoms with Crippen molar-refractivity contribution in [1.29, 1.82) is 0 Å². The second kappa shape index (κ2) is 8.12. The molecular formula is C15H28N6O. The molecule has 1 saturated carbocycles. The summed E-state index contributed by atoms with van der Waals surface area (Å²) in [6.07, 6.45) is 7.97. The smallest absolute Gasteiger partial charge is 0.191 e. The Morgan fingerprint density at radius 1 is 1.41 bits per heavy atom. The molecule has 0 atom stereocenters. The van der Waals surface area contributed by atoms with Crippen molar-refractivity contribution in [1.82, 2.24) is 25.4 Å². The fraction of sp³-hybridized carbons (Fsp3) is 0.800. The average molecular weight is 308 g/mol. The zero-order valence-electron chi connectivity index (χ0n) is 13.9. The molecule has 0 saturated heterocycles. The summed E-state index contributed by atoms with van der Waals surface area (Å²) in [4.78, 5) is 4.30. The average Bonchev–Trinajstić information content (AvgIpc) is 3.15. The fourth-order valence-corrected chi connectivity index (χ4v) is 3.08. The topological polar surface area (TPSA) is 76.4 Å². The molecule has 1 aromatic heterocycles. The molecule has 1 fully saturated rings. The van der Waals surface area contributed by atoms with Crippen molar-refractivity contribution in [2.75, 3.05) is 27.3 Å². The standard InChI is InChI=1S/C15H28N6O/c1-16-14(17-10-13-20-19-12-21(13)2)18-11-15(8-9-22-3)6-4-5-7-15/h12H,4-11H2,1-3H3,(H2,16,17,18). The number of nitrogens with one attached hydrogen (secondary N) is 2. The first-order valence-electron chi connectivity index (χ1n) is 7.95. The molecule has 0 radical (unpaired) electrons. The number of nitrogens with zero attached hydrogens (tertiary/aromatic N) is 4. The van der Waals surface area contributed by atoms with Gasteiger partial charge in [0.15, 0.2) is 11.8 Å². The first kappa shape index (κ1) is 16.7. The van der Waals surface area contributed by atoms with Gasteiger partial charge in [0.1, 0.15) is 6.33 Å². The van der Waals surface area contributed by atoms with E-state index < -0.39 is 0 Å². The Hall–Kier alpha value is -1.63. The predicted molar refractivity (Wildman–Crippen MR) is 86.6 cm³/mol. The van der Waals surface area contributed by atoms with Crippen molar-refractivity contribution in [3.05, 3.63) is 12.2 Å². The summed E-state index contributed by atoms with van der Waals surface area (Å²) in [6.45, 7) is 2.38. The molecule has 0 aromatic carbocycles. The van der Waals surface area contributed by atoms with Gasteiger partial charge in [-0.25, -0.2) is 0 Å². The molecule has 1 aliphatic carbocycles. The quantitative estimate of drug-likeness (QED) is 0.582. The number of hydrogen-bond acceptors (Lipinski definition) is 4. The summed E-state index contributed by atoms with van der Waals surface area (Å²) in [5.74, 6) is 1.70. The number of methoxy groups -OCH3 is 1. The predicted octanol–water partition coefficient (Wildman–Crippen LogP) is 1.08. The zero-order chi connectivity index (χ0) is 15.8. The van der Waals surface area contributed by atoms with Gasteiger partial charge in [-0.15, -0.1) is 10.2 Å². The van der Waals surface area contributed by atoms with E-state index in [0.717, 1.165) is 31.4 Å². The van der Waals surface area contributed by atoms with Gasteiger partial charge < -0.3 is 19.9 Å². The molecule has 2 N–H and O–H groups in total. The number of hydrogen-bond donors (Lipinski definition) is 2. The fourth-order valence-electron chi connectivity index (χ4n) is 3.08. The van der Waals surface area contributed by atoms with Crippen LogP contribution < -0.4 is 10.6 Å².